The smallest absolute Gasteiger partial charge is 0.303 e. The second kappa shape index (κ2) is 9.05. The number of imidazole rings is 1. The predicted molar refractivity (Wildman–Crippen MR) is 105 cm³/mol. The molecule has 0 aliphatic carbocycles. The lowest BCUT2D eigenvalue weighted by Gasteiger charge is -2.25. The van der Waals surface area contributed by atoms with Gasteiger partial charge >= 0.3 is 17.9 Å². The number of fused-ring (bicyclic) bond motifs is 1. The van der Waals surface area contributed by atoms with Crippen LogP contribution in [-0.2, 0) is 33.3 Å². The third kappa shape index (κ3) is 4.71. The lowest BCUT2D eigenvalue weighted by atomic mass is 10.0. The third-order valence-electron chi connectivity index (χ3n) is 4.21. The first-order valence-electron chi connectivity index (χ1n) is 8.81. The van der Waals surface area contributed by atoms with Crippen LogP contribution in [0.2, 0.25) is 10.4 Å². The molecule has 1 aliphatic rings. The molecule has 0 unspecified atom stereocenters. The van der Waals surface area contributed by atoms with Crippen LogP contribution in [0.5, 0.6) is 0 Å². The average Bonchev–Trinajstić information content (AvgIpc) is 3.21. The third-order valence-corrected chi connectivity index (χ3v) is 4.64. The average molecular weight is 471 g/mol. The molecule has 0 N–H and O–H groups in total. The number of rotatable bonds is 5. The summed E-state index contributed by atoms with van der Waals surface area (Å²) < 4.78 is 23.2. The summed E-state index contributed by atoms with van der Waals surface area (Å²) in [6, 6.07) is 0. The van der Waals surface area contributed by atoms with Crippen LogP contribution >= 0.6 is 23.2 Å². The summed E-state index contributed by atoms with van der Waals surface area (Å²) in [7, 11) is 0. The van der Waals surface area contributed by atoms with Gasteiger partial charge in [-0.2, -0.15) is 4.98 Å². The molecule has 0 saturated carbocycles. The molecule has 31 heavy (non-hydrogen) atoms. The lowest BCUT2D eigenvalue weighted by Crippen LogP contribution is -2.44. The van der Waals surface area contributed by atoms with Crippen LogP contribution in [0.4, 0.5) is 0 Å². The zero-order valence-electron chi connectivity index (χ0n) is 16.4. The van der Waals surface area contributed by atoms with E-state index in [4.69, 9.17) is 48.6 Å². The fourth-order valence-electron chi connectivity index (χ4n) is 3.19. The zero-order valence-corrected chi connectivity index (χ0v) is 18.0. The normalized spacial score (nSPS) is 23.7. The van der Waals surface area contributed by atoms with Crippen LogP contribution in [0, 0.1) is 12.3 Å². The number of carbonyl (C=O) groups is 3. The van der Waals surface area contributed by atoms with E-state index in [0.717, 1.165) is 13.8 Å². The highest BCUT2D eigenvalue weighted by Crippen LogP contribution is 2.38. The molecule has 3 rings (SSSR count). The van der Waals surface area contributed by atoms with Gasteiger partial charge in [-0.05, 0) is 11.6 Å². The molecule has 1 fully saturated rings. The zero-order chi connectivity index (χ0) is 22.9. The minimum Gasteiger partial charge on any atom is -0.455 e. The van der Waals surface area contributed by atoms with Crippen LogP contribution in [-0.4, -0.2) is 61.8 Å². The molecule has 11 nitrogen and oxygen atoms in total. The summed E-state index contributed by atoms with van der Waals surface area (Å²) in [6.45, 7) is 3.48. The van der Waals surface area contributed by atoms with Crippen LogP contribution in [0.15, 0.2) is 6.33 Å². The van der Waals surface area contributed by atoms with Crippen LogP contribution < -0.4 is 0 Å². The number of halogens is 2. The molecule has 2 aromatic heterocycles. The van der Waals surface area contributed by atoms with Gasteiger partial charge in [0.25, 0.3) is 0 Å². The van der Waals surface area contributed by atoms with Crippen molar-refractivity contribution in [2.24, 2.45) is 0 Å². The largest absolute Gasteiger partial charge is 0.455 e. The first-order chi connectivity index (χ1) is 14.6. The standard InChI is InChI=1S/C18H16Cl2N4O7/c1-5-10(28-7(2)25)12-13(29-8(3)26)14(30-9(4)27)17(31-12)24-6-21-11-15(19)22-18(20)23-16(11)24/h1,6,10,12-14,17H,2-4H3/t10-,12-,13-,14-,17-/m1/s1. The summed E-state index contributed by atoms with van der Waals surface area (Å²) in [5.74, 6) is 0.221. The molecule has 3 heterocycles. The number of aromatic nitrogens is 4. The van der Waals surface area contributed by atoms with Gasteiger partial charge in [-0.25, -0.2) is 9.97 Å². The molecule has 0 spiro atoms. The summed E-state index contributed by atoms with van der Waals surface area (Å²) in [4.78, 5) is 47.1. The predicted octanol–water partition coefficient (Wildman–Crippen LogP) is 1.46. The maximum atomic E-state index is 11.8. The Bertz CT molecular complexity index is 1080. The van der Waals surface area contributed by atoms with Gasteiger partial charge in [0.15, 0.2) is 35.3 Å². The Hall–Kier alpha value is -2.94. The van der Waals surface area contributed by atoms with Crippen molar-refractivity contribution in [3.8, 4) is 12.3 Å². The van der Waals surface area contributed by atoms with E-state index < -0.39 is 48.6 Å². The first-order valence-corrected chi connectivity index (χ1v) is 9.56. The topological polar surface area (TPSA) is 132 Å². The maximum absolute atomic E-state index is 11.8. The Labute approximate surface area is 185 Å². The van der Waals surface area contributed by atoms with E-state index in [1.54, 1.807) is 0 Å². The highest BCUT2D eigenvalue weighted by atomic mass is 35.5. The Morgan fingerprint density at radius 2 is 1.77 bits per heavy atom. The summed E-state index contributed by atoms with van der Waals surface area (Å²) in [5, 5.41) is -0.166. The quantitative estimate of drug-likeness (QED) is 0.208. The molecular formula is C18H16Cl2N4O7. The van der Waals surface area contributed by atoms with Gasteiger partial charge in [-0.15, -0.1) is 6.42 Å². The molecule has 164 valence electrons. The van der Waals surface area contributed by atoms with E-state index >= 15 is 0 Å². The van der Waals surface area contributed by atoms with Gasteiger partial charge in [-0.3, -0.25) is 19.0 Å². The van der Waals surface area contributed by atoms with E-state index in [1.807, 2.05) is 0 Å². The first kappa shape index (κ1) is 22.7. The maximum Gasteiger partial charge on any atom is 0.303 e. The Balaban J connectivity index is 2.12. The highest BCUT2D eigenvalue weighted by Gasteiger charge is 2.54. The van der Waals surface area contributed by atoms with E-state index in [-0.39, 0.29) is 21.6 Å². The van der Waals surface area contributed by atoms with Gasteiger partial charge in [0.2, 0.25) is 5.28 Å². The fraction of sp³-hybridized carbons (Fsp3) is 0.444. The van der Waals surface area contributed by atoms with Gasteiger partial charge < -0.3 is 18.9 Å². The number of hydrogen-bond donors (Lipinski definition) is 0. The van der Waals surface area contributed by atoms with Crippen molar-refractivity contribution in [1.29, 1.82) is 0 Å². The molecule has 5 atom stereocenters. The second-order valence-electron chi connectivity index (χ2n) is 6.44. The molecule has 0 radical (unpaired) electrons. The SMILES string of the molecule is C#C[C@@H](OC(C)=O)[C@H]1O[C@@H](n2cnc3c(Cl)nc(Cl)nc32)[C@H](OC(C)=O)[C@@H]1OC(C)=O. The van der Waals surface area contributed by atoms with Crippen molar-refractivity contribution in [2.45, 2.75) is 51.4 Å². The number of terminal acetylenes is 1. The monoisotopic (exact) mass is 470 g/mol. The molecule has 0 amide bonds. The Kier molecular flexibility index (Phi) is 6.64. The molecule has 1 aliphatic heterocycles. The van der Waals surface area contributed by atoms with E-state index in [9.17, 15) is 14.4 Å². The molecule has 2 aromatic rings. The Morgan fingerprint density at radius 1 is 1.13 bits per heavy atom. The van der Waals surface area contributed by atoms with Crippen molar-refractivity contribution in [3.05, 3.63) is 16.8 Å². The van der Waals surface area contributed by atoms with E-state index in [0.29, 0.717) is 0 Å². The summed E-state index contributed by atoms with van der Waals surface area (Å²) in [5.41, 5.74) is 0.372. The number of esters is 3. The number of carbonyl (C=O) groups excluding carboxylic acids is 3. The minimum atomic E-state index is -1.25. The van der Waals surface area contributed by atoms with Crippen LogP contribution in [0.3, 0.4) is 0 Å². The van der Waals surface area contributed by atoms with Crippen molar-refractivity contribution in [1.82, 2.24) is 19.5 Å². The van der Waals surface area contributed by atoms with Gasteiger partial charge in [0.1, 0.15) is 11.6 Å². The summed E-state index contributed by atoms with van der Waals surface area (Å²) >= 11 is 12.0. The molecule has 1 saturated heterocycles. The van der Waals surface area contributed by atoms with Crippen molar-refractivity contribution in [3.63, 3.8) is 0 Å². The molecular weight excluding hydrogens is 455 g/mol. The van der Waals surface area contributed by atoms with Gasteiger partial charge in [0.05, 0.1) is 6.33 Å². The van der Waals surface area contributed by atoms with E-state index in [2.05, 4.69) is 20.9 Å². The summed E-state index contributed by atoms with van der Waals surface area (Å²) in [6.07, 6.45) is 0.868. The van der Waals surface area contributed by atoms with E-state index in [1.165, 1.54) is 17.8 Å². The number of hydrogen-bond acceptors (Lipinski definition) is 10. The fourth-order valence-corrected chi connectivity index (χ4v) is 3.61. The number of nitrogens with zero attached hydrogens (tertiary/aromatic N) is 4. The molecule has 0 aromatic carbocycles. The molecule has 0 bridgehead atoms. The molecule has 13 heteroatoms. The minimum absolute atomic E-state index is 0.00900. The van der Waals surface area contributed by atoms with Crippen molar-refractivity contribution < 1.29 is 33.3 Å². The van der Waals surface area contributed by atoms with Gasteiger partial charge in [0, 0.05) is 20.8 Å². The van der Waals surface area contributed by atoms with Crippen LogP contribution in [0.25, 0.3) is 11.2 Å². The van der Waals surface area contributed by atoms with Crippen LogP contribution in [0.1, 0.15) is 27.0 Å². The second-order valence-corrected chi connectivity index (χ2v) is 7.14. The van der Waals surface area contributed by atoms with Gasteiger partial charge in [-0.1, -0.05) is 17.5 Å². The lowest BCUT2D eigenvalue weighted by molar-refractivity contribution is -0.167. The van der Waals surface area contributed by atoms with Crippen molar-refractivity contribution in [2.75, 3.05) is 0 Å². The number of ether oxygens (including phenoxy) is 4. The van der Waals surface area contributed by atoms with Crippen molar-refractivity contribution >= 4 is 52.3 Å². The highest BCUT2D eigenvalue weighted by molar-refractivity contribution is 6.35. The Morgan fingerprint density at radius 3 is 2.35 bits per heavy atom.